The van der Waals surface area contributed by atoms with Gasteiger partial charge in [0.15, 0.2) is 0 Å². The van der Waals surface area contributed by atoms with Gasteiger partial charge in [-0.25, -0.2) is 5.06 Å². The SMILES string of the molecule is CSc1ccc(Cl)c(C(=O)N2CCCO2)c1. The molecule has 5 heteroatoms. The van der Waals surface area contributed by atoms with Crippen molar-refractivity contribution < 1.29 is 9.63 Å². The molecule has 1 aromatic carbocycles. The van der Waals surface area contributed by atoms with E-state index in [9.17, 15) is 4.79 Å². The highest BCUT2D eigenvalue weighted by Crippen LogP contribution is 2.25. The monoisotopic (exact) mass is 257 g/mol. The topological polar surface area (TPSA) is 29.5 Å². The van der Waals surface area contributed by atoms with Crippen molar-refractivity contribution in [2.75, 3.05) is 19.4 Å². The van der Waals surface area contributed by atoms with Crippen LogP contribution in [0, 0.1) is 0 Å². The molecule has 0 atom stereocenters. The number of hydrogen-bond donors (Lipinski definition) is 0. The van der Waals surface area contributed by atoms with E-state index in [0.717, 1.165) is 11.3 Å². The molecule has 2 rings (SSSR count). The van der Waals surface area contributed by atoms with E-state index >= 15 is 0 Å². The predicted octanol–water partition coefficient (Wildman–Crippen LogP) is 2.84. The Hall–Kier alpha value is -0.710. The summed E-state index contributed by atoms with van der Waals surface area (Å²) in [6.45, 7) is 1.24. The van der Waals surface area contributed by atoms with E-state index < -0.39 is 0 Å². The second-order valence-corrected chi connectivity index (χ2v) is 4.73. The van der Waals surface area contributed by atoms with Crippen molar-refractivity contribution in [1.29, 1.82) is 0 Å². The van der Waals surface area contributed by atoms with Gasteiger partial charge in [0, 0.05) is 4.90 Å². The van der Waals surface area contributed by atoms with Crippen molar-refractivity contribution in [2.24, 2.45) is 0 Å². The first kappa shape index (κ1) is 11.8. The van der Waals surface area contributed by atoms with Gasteiger partial charge < -0.3 is 0 Å². The van der Waals surface area contributed by atoms with Crippen molar-refractivity contribution in [1.82, 2.24) is 5.06 Å². The fraction of sp³-hybridized carbons (Fsp3) is 0.364. The molecular formula is C11H12ClNO2S. The van der Waals surface area contributed by atoms with E-state index in [0.29, 0.717) is 23.7 Å². The van der Waals surface area contributed by atoms with Gasteiger partial charge in [0.2, 0.25) is 0 Å². The Kier molecular flexibility index (Phi) is 3.74. The van der Waals surface area contributed by atoms with Gasteiger partial charge in [-0.2, -0.15) is 0 Å². The minimum atomic E-state index is -0.154. The van der Waals surface area contributed by atoms with Crippen LogP contribution in [-0.2, 0) is 4.84 Å². The molecule has 1 fully saturated rings. The summed E-state index contributed by atoms with van der Waals surface area (Å²) in [7, 11) is 0. The van der Waals surface area contributed by atoms with Crippen molar-refractivity contribution >= 4 is 29.3 Å². The number of hydroxylamine groups is 2. The zero-order chi connectivity index (χ0) is 11.5. The van der Waals surface area contributed by atoms with E-state index in [4.69, 9.17) is 16.4 Å². The Morgan fingerprint density at radius 1 is 1.56 bits per heavy atom. The lowest BCUT2D eigenvalue weighted by molar-refractivity contribution is -0.0768. The third-order valence-corrected chi connectivity index (χ3v) is 3.44. The number of carbonyl (C=O) groups excluding carboxylic acids is 1. The Labute approximate surface area is 104 Å². The van der Waals surface area contributed by atoms with Crippen LogP contribution in [0.5, 0.6) is 0 Å². The number of hydrogen-bond acceptors (Lipinski definition) is 3. The number of nitrogens with zero attached hydrogens (tertiary/aromatic N) is 1. The van der Waals surface area contributed by atoms with Crippen LogP contribution in [0.15, 0.2) is 23.1 Å². The molecule has 0 aromatic heterocycles. The third-order valence-electron chi connectivity index (χ3n) is 2.38. The zero-order valence-electron chi connectivity index (χ0n) is 8.90. The van der Waals surface area contributed by atoms with Gasteiger partial charge in [0.1, 0.15) is 0 Å². The minimum absolute atomic E-state index is 0.154. The first-order valence-corrected chi connectivity index (χ1v) is 6.61. The number of thioether (sulfide) groups is 1. The second kappa shape index (κ2) is 5.08. The zero-order valence-corrected chi connectivity index (χ0v) is 10.5. The molecule has 1 aliphatic rings. The summed E-state index contributed by atoms with van der Waals surface area (Å²) >= 11 is 7.60. The van der Waals surface area contributed by atoms with E-state index in [1.54, 1.807) is 23.9 Å². The highest BCUT2D eigenvalue weighted by atomic mass is 35.5. The van der Waals surface area contributed by atoms with E-state index in [1.165, 1.54) is 5.06 Å². The first-order valence-electron chi connectivity index (χ1n) is 5.00. The highest BCUT2D eigenvalue weighted by molar-refractivity contribution is 7.98. The van der Waals surface area contributed by atoms with Gasteiger partial charge in [0.05, 0.1) is 23.7 Å². The molecule has 86 valence electrons. The predicted molar refractivity (Wildman–Crippen MR) is 64.8 cm³/mol. The molecular weight excluding hydrogens is 246 g/mol. The number of halogens is 1. The maximum atomic E-state index is 12.0. The summed E-state index contributed by atoms with van der Waals surface area (Å²) in [5, 5.41) is 1.85. The number of rotatable bonds is 2. The average Bonchev–Trinajstić information content (AvgIpc) is 2.82. The molecule has 1 heterocycles. The Morgan fingerprint density at radius 2 is 2.38 bits per heavy atom. The maximum Gasteiger partial charge on any atom is 0.278 e. The summed E-state index contributed by atoms with van der Waals surface area (Å²) < 4.78 is 0. The molecule has 16 heavy (non-hydrogen) atoms. The molecule has 0 spiro atoms. The molecule has 1 aliphatic heterocycles. The summed E-state index contributed by atoms with van der Waals surface area (Å²) in [6, 6.07) is 5.45. The van der Waals surface area contributed by atoms with Crippen molar-refractivity contribution in [2.45, 2.75) is 11.3 Å². The third kappa shape index (κ3) is 2.34. The maximum absolute atomic E-state index is 12.0. The van der Waals surface area contributed by atoms with Gasteiger partial charge in [0.25, 0.3) is 5.91 Å². The lowest BCUT2D eigenvalue weighted by atomic mass is 10.2. The summed E-state index contributed by atoms with van der Waals surface area (Å²) in [5.74, 6) is -0.154. The Balaban J connectivity index is 2.27. The number of carbonyl (C=O) groups is 1. The summed E-state index contributed by atoms with van der Waals surface area (Å²) in [4.78, 5) is 18.3. The molecule has 0 bridgehead atoms. The molecule has 1 aromatic rings. The lowest BCUT2D eigenvalue weighted by Gasteiger charge is -2.15. The van der Waals surface area contributed by atoms with Gasteiger partial charge in [-0.3, -0.25) is 9.63 Å². The molecule has 1 amide bonds. The van der Waals surface area contributed by atoms with E-state index in [-0.39, 0.29) is 5.91 Å². The summed E-state index contributed by atoms with van der Waals surface area (Å²) in [5.41, 5.74) is 0.510. The van der Waals surface area contributed by atoms with Gasteiger partial charge in [-0.1, -0.05) is 11.6 Å². The molecule has 0 radical (unpaired) electrons. The molecule has 0 aliphatic carbocycles. The van der Waals surface area contributed by atoms with E-state index in [2.05, 4.69) is 0 Å². The summed E-state index contributed by atoms with van der Waals surface area (Å²) in [6.07, 6.45) is 2.84. The van der Waals surface area contributed by atoms with Crippen molar-refractivity contribution in [3.05, 3.63) is 28.8 Å². The smallest absolute Gasteiger partial charge is 0.271 e. The Bertz CT molecular complexity index is 405. The fourth-order valence-corrected chi connectivity index (χ4v) is 2.18. The van der Waals surface area contributed by atoms with Crippen LogP contribution >= 0.6 is 23.4 Å². The van der Waals surface area contributed by atoms with Crippen molar-refractivity contribution in [3.8, 4) is 0 Å². The number of benzene rings is 1. The quantitative estimate of drug-likeness (QED) is 0.763. The molecule has 0 saturated carbocycles. The van der Waals surface area contributed by atoms with Crippen molar-refractivity contribution in [3.63, 3.8) is 0 Å². The second-order valence-electron chi connectivity index (χ2n) is 3.44. The highest BCUT2D eigenvalue weighted by Gasteiger charge is 2.22. The molecule has 3 nitrogen and oxygen atoms in total. The average molecular weight is 258 g/mol. The first-order chi connectivity index (χ1) is 7.72. The largest absolute Gasteiger partial charge is 0.278 e. The van der Waals surface area contributed by atoms with Gasteiger partial charge >= 0.3 is 0 Å². The lowest BCUT2D eigenvalue weighted by Crippen LogP contribution is -2.26. The van der Waals surface area contributed by atoms with Gasteiger partial charge in [-0.05, 0) is 30.9 Å². The Morgan fingerprint density at radius 3 is 3.00 bits per heavy atom. The van der Waals surface area contributed by atoms with Crippen LogP contribution in [0.25, 0.3) is 0 Å². The van der Waals surface area contributed by atoms with Crippen LogP contribution in [0.3, 0.4) is 0 Å². The standard InChI is InChI=1S/C11H12ClNO2S/c1-16-8-3-4-10(12)9(7-8)11(14)13-5-2-6-15-13/h3-4,7H,2,5-6H2,1H3. The molecule has 0 unspecified atom stereocenters. The number of amides is 1. The van der Waals surface area contributed by atoms with E-state index in [1.807, 2.05) is 12.3 Å². The van der Waals surface area contributed by atoms with Crippen LogP contribution in [0.1, 0.15) is 16.8 Å². The van der Waals surface area contributed by atoms with Gasteiger partial charge in [-0.15, -0.1) is 11.8 Å². The van der Waals surface area contributed by atoms with Crippen LogP contribution in [0.4, 0.5) is 0 Å². The molecule has 0 N–H and O–H groups in total. The fourth-order valence-electron chi connectivity index (χ4n) is 1.54. The normalized spacial score (nSPS) is 15.5. The van der Waals surface area contributed by atoms with Crippen LogP contribution in [0.2, 0.25) is 5.02 Å². The minimum Gasteiger partial charge on any atom is -0.271 e. The molecule has 1 saturated heterocycles. The van der Waals surface area contributed by atoms with Crippen LogP contribution in [-0.4, -0.2) is 30.4 Å². The van der Waals surface area contributed by atoms with Crippen LogP contribution < -0.4 is 0 Å².